The molecule has 3 heterocycles. The van der Waals surface area contributed by atoms with Crippen LogP contribution in [-0.2, 0) is 20.7 Å². The number of ether oxygens (including phenoxy) is 1. The highest BCUT2D eigenvalue weighted by Gasteiger charge is 2.39. The fraction of sp³-hybridized carbons (Fsp3) is 0.528. The lowest BCUT2D eigenvalue weighted by Crippen LogP contribution is -2.58. The van der Waals surface area contributed by atoms with Gasteiger partial charge in [0.15, 0.2) is 0 Å². The summed E-state index contributed by atoms with van der Waals surface area (Å²) in [4.78, 5) is 39.8. The molecule has 0 bridgehead atoms. The van der Waals surface area contributed by atoms with Crippen molar-refractivity contribution in [2.24, 2.45) is 17.6 Å². The van der Waals surface area contributed by atoms with Gasteiger partial charge in [0, 0.05) is 41.0 Å². The average molecular weight is 775 g/mol. The number of nitrogens with zero attached hydrogens (tertiary/aromatic N) is 1. The number of nitrogens with two attached hydrogens (primary N) is 1. The van der Waals surface area contributed by atoms with Gasteiger partial charge in [-0.1, -0.05) is 49.2 Å². The third-order valence-electron chi connectivity index (χ3n) is 9.67. The molecular formula is C36H47IN4O5S. The molecule has 11 heteroatoms. The van der Waals surface area contributed by atoms with E-state index >= 15 is 0 Å². The number of likely N-dealkylation sites (tertiary alicyclic amines) is 1. The molecule has 0 radical (unpaired) electrons. The summed E-state index contributed by atoms with van der Waals surface area (Å²) in [7, 11) is 0. The Kier molecular flexibility index (Phi) is 13.1. The molecule has 47 heavy (non-hydrogen) atoms. The predicted octanol–water partition coefficient (Wildman–Crippen LogP) is 5.44. The molecule has 2 aliphatic heterocycles. The third-order valence-corrected chi connectivity index (χ3v) is 11.4. The maximum Gasteiger partial charge on any atom is 0.345 e. The maximum absolute atomic E-state index is 13.2. The minimum atomic E-state index is -0.851. The molecule has 3 aliphatic rings. The Morgan fingerprint density at radius 1 is 1.00 bits per heavy atom. The maximum atomic E-state index is 13.2. The van der Waals surface area contributed by atoms with Crippen LogP contribution in [-0.4, -0.2) is 78.8 Å². The van der Waals surface area contributed by atoms with Gasteiger partial charge < -0.3 is 31.1 Å². The van der Waals surface area contributed by atoms with E-state index in [0.717, 1.165) is 77.1 Å². The third kappa shape index (κ3) is 10.5. The van der Waals surface area contributed by atoms with E-state index in [1.165, 1.54) is 30.7 Å². The number of nitrogens with one attached hydrogen (secondary N) is 2. The molecule has 0 spiro atoms. The zero-order valence-electron chi connectivity index (χ0n) is 26.9. The minimum absolute atomic E-state index is 0.108. The number of fused-ring (bicyclic) bond motifs is 1. The van der Waals surface area contributed by atoms with Gasteiger partial charge in [0.2, 0.25) is 11.8 Å². The molecule has 254 valence electrons. The van der Waals surface area contributed by atoms with Crippen molar-refractivity contribution in [3.8, 4) is 0 Å². The van der Waals surface area contributed by atoms with Crippen LogP contribution in [0, 0.1) is 15.4 Å². The van der Waals surface area contributed by atoms with Crippen LogP contribution in [0.15, 0.2) is 54.6 Å². The van der Waals surface area contributed by atoms with Gasteiger partial charge in [-0.15, -0.1) is 11.3 Å². The number of carbonyl (C=O) groups is 3. The van der Waals surface area contributed by atoms with Crippen molar-refractivity contribution < 1.29 is 24.2 Å². The molecule has 1 aliphatic carbocycles. The SMILES string of the molecule is NC1(C(=O)N[C@H](Cc2ccccc2)C(=O)NCC2CCN(CC3CCOCC3)CC2)CCCC1.O=C(O)c1cc2ccc(I)cc2s1. The van der Waals surface area contributed by atoms with Crippen LogP contribution in [0.1, 0.15) is 66.6 Å². The summed E-state index contributed by atoms with van der Waals surface area (Å²) in [6.07, 6.45) is 8.33. The normalized spacial score (nSPS) is 19.4. The van der Waals surface area contributed by atoms with E-state index in [0.29, 0.717) is 36.6 Å². The Morgan fingerprint density at radius 2 is 1.70 bits per heavy atom. The topological polar surface area (TPSA) is 134 Å². The van der Waals surface area contributed by atoms with E-state index in [2.05, 4.69) is 38.1 Å². The highest BCUT2D eigenvalue weighted by Crippen LogP contribution is 2.28. The molecule has 1 atom stereocenters. The summed E-state index contributed by atoms with van der Waals surface area (Å²) in [5.41, 5.74) is 6.55. The molecule has 2 amide bonds. The molecule has 1 aromatic heterocycles. The van der Waals surface area contributed by atoms with Crippen molar-refractivity contribution in [2.75, 3.05) is 39.4 Å². The zero-order chi connectivity index (χ0) is 33.2. The standard InChI is InChI=1S/C27H42N4O3.C9H5IO2S/c28-27(12-4-5-13-27)26(33)30-24(18-21-6-2-1-3-7-21)25(32)29-19-22-8-14-31(15-9-22)20-23-10-16-34-17-11-23;10-6-2-1-5-3-8(9(11)12)13-7(5)4-6/h1-3,6-7,22-24H,4-5,8-20,28H2,(H,29,32)(H,30,33);1-4H,(H,11,12)/t24-;/m1./s1. The number of amides is 2. The van der Waals surface area contributed by atoms with Gasteiger partial charge in [0.05, 0.1) is 5.54 Å². The second-order valence-electron chi connectivity index (χ2n) is 13.2. The van der Waals surface area contributed by atoms with Gasteiger partial charge >= 0.3 is 5.97 Å². The second kappa shape index (κ2) is 17.2. The van der Waals surface area contributed by atoms with Crippen molar-refractivity contribution >= 4 is 61.8 Å². The summed E-state index contributed by atoms with van der Waals surface area (Å²) >= 11 is 3.53. The number of benzene rings is 2. The van der Waals surface area contributed by atoms with Crippen LogP contribution in [0.4, 0.5) is 0 Å². The monoisotopic (exact) mass is 774 g/mol. The predicted molar refractivity (Wildman–Crippen MR) is 195 cm³/mol. The van der Waals surface area contributed by atoms with Crippen LogP contribution in [0.3, 0.4) is 0 Å². The molecule has 6 rings (SSSR count). The van der Waals surface area contributed by atoms with E-state index in [9.17, 15) is 14.4 Å². The van der Waals surface area contributed by atoms with Crippen molar-refractivity contribution in [3.63, 3.8) is 0 Å². The number of piperidine rings is 1. The van der Waals surface area contributed by atoms with Gasteiger partial charge in [-0.25, -0.2) is 4.79 Å². The van der Waals surface area contributed by atoms with Gasteiger partial charge in [0.1, 0.15) is 10.9 Å². The van der Waals surface area contributed by atoms with Crippen molar-refractivity contribution in [1.82, 2.24) is 15.5 Å². The number of carboxylic acid groups (broad SMARTS) is 1. The molecule has 9 nitrogen and oxygen atoms in total. The fourth-order valence-corrected chi connectivity index (χ4v) is 8.38. The van der Waals surface area contributed by atoms with Crippen LogP contribution in [0.2, 0.25) is 0 Å². The first-order valence-electron chi connectivity index (χ1n) is 16.8. The molecule has 2 saturated heterocycles. The van der Waals surface area contributed by atoms with Gasteiger partial charge in [0.25, 0.3) is 0 Å². The van der Waals surface area contributed by atoms with E-state index in [1.807, 2.05) is 48.5 Å². The van der Waals surface area contributed by atoms with E-state index in [4.69, 9.17) is 15.6 Å². The number of hydrogen-bond donors (Lipinski definition) is 4. The minimum Gasteiger partial charge on any atom is -0.477 e. The molecule has 3 fully saturated rings. The Hall–Kier alpha value is -2.58. The molecule has 3 aromatic rings. The van der Waals surface area contributed by atoms with Crippen molar-refractivity contribution in [1.29, 1.82) is 0 Å². The van der Waals surface area contributed by atoms with Crippen LogP contribution >= 0.6 is 33.9 Å². The van der Waals surface area contributed by atoms with Crippen LogP contribution in [0.25, 0.3) is 10.1 Å². The van der Waals surface area contributed by atoms with Gasteiger partial charge in [-0.2, -0.15) is 0 Å². The Balaban J connectivity index is 0.000000277. The van der Waals surface area contributed by atoms with Crippen LogP contribution < -0.4 is 16.4 Å². The Bertz CT molecular complexity index is 1480. The first kappa shape index (κ1) is 35.7. The number of halogens is 1. The van der Waals surface area contributed by atoms with Crippen molar-refractivity contribution in [3.05, 3.63) is 68.6 Å². The molecule has 5 N–H and O–H groups in total. The number of aromatic carboxylic acids is 1. The highest BCUT2D eigenvalue weighted by molar-refractivity contribution is 14.1. The smallest absolute Gasteiger partial charge is 0.345 e. The van der Waals surface area contributed by atoms with E-state index in [1.54, 1.807) is 6.07 Å². The summed E-state index contributed by atoms with van der Waals surface area (Å²) in [5.74, 6) is 0.0962. The lowest BCUT2D eigenvalue weighted by atomic mass is 9.93. The quantitative estimate of drug-likeness (QED) is 0.202. The Morgan fingerprint density at radius 3 is 2.38 bits per heavy atom. The number of thiophene rings is 1. The zero-order valence-corrected chi connectivity index (χ0v) is 29.9. The summed E-state index contributed by atoms with van der Waals surface area (Å²) in [6, 6.07) is 16.9. The summed E-state index contributed by atoms with van der Waals surface area (Å²) < 4.78 is 7.64. The number of rotatable bonds is 10. The number of carbonyl (C=O) groups excluding carboxylic acids is 2. The van der Waals surface area contributed by atoms with Gasteiger partial charge in [-0.3, -0.25) is 9.59 Å². The van der Waals surface area contributed by atoms with Crippen LogP contribution in [0.5, 0.6) is 0 Å². The molecule has 2 aromatic carbocycles. The largest absolute Gasteiger partial charge is 0.477 e. The lowest BCUT2D eigenvalue weighted by Gasteiger charge is -2.35. The van der Waals surface area contributed by atoms with Gasteiger partial charge in [-0.05, 0) is 115 Å². The summed E-state index contributed by atoms with van der Waals surface area (Å²) in [5, 5.41) is 15.9. The fourth-order valence-electron chi connectivity index (χ4n) is 6.74. The highest BCUT2D eigenvalue weighted by atomic mass is 127. The number of hydrogen-bond acceptors (Lipinski definition) is 7. The summed E-state index contributed by atoms with van der Waals surface area (Å²) in [6.45, 7) is 5.83. The molecular weight excluding hydrogens is 727 g/mol. The molecule has 1 saturated carbocycles. The van der Waals surface area contributed by atoms with E-state index < -0.39 is 17.6 Å². The first-order chi connectivity index (χ1) is 22.7. The first-order valence-corrected chi connectivity index (χ1v) is 18.7. The average Bonchev–Trinajstić information content (AvgIpc) is 3.72. The lowest BCUT2D eigenvalue weighted by molar-refractivity contribution is -0.132. The van der Waals surface area contributed by atoms with E-state index in [-0.39, 0.29) is 11.8 Å². The second-order valence-corrected chi connectivity index (χ2v) is 15.6. The Labute approximate surface area is 295 Å². The van der Waals surface area contributed by atoms with Crippen molar-refractivity contribution in [2.45, 2.75) is 69.4 Å². The number of carboxylic acids is 1. The molecule has 0 unspecified atom stereocenters.